The third kappa shape index (κ3) is 4.32. The Hall–Kier alpha value is -1.83. The second kappa shape index (κ2) is 6.75. The summed E-state index contributed by atoms with van der Waals surface area (Å²) in [7, 11) is 0. The number of nitrogens with one attached hydrogen (secondary N) is 1. The summed E-state index contributed by atoms with van der Waals surface area (Å²) in [6.07, 6.45) is 0.437. The molecule has 0 saturated carbocycles. The van der Waals surface area contributed by atoms with Gasteiger partial charge in [-0.1, -0.05) is 11.8 Å². The van der Waals surface area contributed by atoms with E-state index in [2.05, 4.69) is 5.32 Å². The number of hydrogen-bond acceptors (Lipinski definition) is 3. The van der Waals surface area contributed by atoms with Gasteiger partial charge in [0, 0.05) is 23.7 Å². The minimum atomic E-state index is -2.48. The predicted molar refractivity (Wildman–Crippen MR) is 74.6 cm³/mol. The number of carbonyl (C=O) groups is 2. The van der Waals surface area contributed by atoms with Crippen LogP contribution in [0.15, 0.2) is 29.2 Å². The number of hydrogen-bond donors (Lipinski definition) is 2. The molecule has 2 N–H and O–H groups in total. The Morgan fingerprint density at radius 1 is 1.33 bits per heavy atom. The van der Waals surface area contributed by atoms with Crippen LogP contribution in [0.2, 0.25) is 0 Å². The van der Waals surface area contributed by atoms with E-state index in [1.54, 1.807) is 0 Å². The number of rotatable bonds is 4. The lowest BCUT2D eigenvalue weighted by molar-refractivity contribution is -0.141. The maximum absolute atomic E-state index is 12.2. The molecule has 1 saturated heterocycles. The third-order valence-electron chi connectivity index (χ3n) is 3.16. The fourth-order valence-electron chi connectivity index (χ4n) is 2.07. The molecule has 0 aromatic heterocycles. The molecule has 1 aromatic carbocycles. The smallest absolute Gasteiger partial charge is 0.321 e. The van der Waals surface area contributed by atoms with Crippen LogP contribution in [0.1, 0.15) is 6.42 Å². The number of nitrogens with zero attached hydrogens (tertiary/aromatic N) is 1. The second-order valence-electron chi connectivity index (χ2n) is 4.60. The predicted octanol–water partition coefficient (Wildman–Crippen LogP) is 2.94. The SMILES string of the molecule is O=C(O)C1CCN(C(=O)Nc2ccc(SC(F)F)cc2)C1. The number of carboxylic acid groups (broad SMARTS) is 1. The summed E-state index contributed by atoms with van der Waals surface area (Å²) in [4.78, 5) is 24.6. The van der Waals surface area contributed by atoms with Gasteiger partial charge < -0.3 is 15.3 Å². The number of halogens is 2. The average molecular weight is 316 g/mol. The van der Waals surface area contributed by atoms with E-state index in [0.717, 1.165) is 0 Å². The van der Waals surface area contributed by atoms with E-state index in [9.17, 15) is 18.4 Å². The highest BCUT2D eigenvalue weighted by molar-refractivity contribution is 7.99. The number of urea groups is 1. The average Bonchev–Trinajstić information content (AvgIpc) is 2.90. The van der Waals surface area contributed by atoms with Crippen molar-refractivity contribution in [3.8, 4) is 0 Å². The molecular formula is C13H14F2N2O3S. The fraction of sp³-hybridized carbons (Fsp3) is 0.385. The van der Waals surface area contributed by atoms with Crippen molar-refractivity contribution < 1.29 is 23.5 Å². The molecule has 1 aromatic rings. The largest absolute Gasteiger partial charge is 0.481 e. The van der Waals surface area contributed by atoms with Gasteiger partial charge in [-0.15, -0.1) is 0 Å². The van der Waals surface area contributed by atoms with E-state index in [-0.39, 0.29) is 12.6 Å². The van der Waals surface area contributed by atoms with Crippen molar-refractivity contribution in [1.29, 1.82) is 0 Å². The van der Waals surface area contributed by atoms with Crippen LogP contribution in [-0.2, 0) is 4.79 Å². The summed E-state index contributed by atoms with van der Waals surface area (Å²) < 4.78 is 24.4. The zero-order chi connectivity index (χ0) is 15.4. The molecule has 5 nitrogen and oxygen atoms in total. The summed E-state index contributed by atoms with van der Waals surface area (Å²) in [5.41, 5.74) is 0.484. The van der Waals surface area contributed by atoms with Crippen molar-refractivity contribution in [2.24, 2.45) is 5.92 Å². The van der Waals surface area contributed by atoms with Crippen molar-refractivity contribution >= 4 is 29.4 Å². The Bertz CT molecular complexity index is 525. The fourth-order valence-corrected chi connectivity index (χ4v) is 2.57. The minimum Gasteiger partial charge on any atom is -0.481 e. The number of benzene rings is 1. The highest BCUT2D eigenvalue weighted by atomic mass is 32.2. The molecule has 21 heavy (non-hydrogen) atoms. The van der Waals surface area contributed by atoms with Crippen LogP contribution < -0.4 is 5.32 Å². The van der Waals surface area contributed by atoms with E-state index in [1.807, 2.05) is 0 Å². The molecule has 0 bridgehead atoms. The number of carboxylic acids is 1. The maximum atomic E-state index is 12.2. The summed E-state index contributed by atoms with van der Waals surface area (Å²) in [6.45, 7) is 0.572. The van der Waals surface area contributed by atoms with E-state index in [1.165, 1.54) is 29.2 Å². The Morgan fingerprint density at radius 3 is 2.52 bits per heavy atom. The second-order valence-corrected chi connectivity index (χ2v) is 5.67. The van der Waals surface area contributed by atoms with E-state index in [4.69, 9.17) is 5.11 Å². The van der Waals surface area contributed by atoms with E-state index >= 15 is 0 Å². The molecule has 2 rings (SSSR count). The molecule has 1 atom stereocenters. The van der Waals surface area contributed by atoms with Gasteiger partial charge in [-0.05, 0) is 30.7 Å². The Balaban J connectivity index is 1.89. The quantitative estimate of drug-likeness (QED) is 0.838. The third-order valence-corrected chi connectivity index (χ3v) is 3.88. The lowest BCUT2D eigenvalue weighted by Crippen LogP contribution is -2.33. The lowest BCUT2D eigenvalue weighted by atomic mass is 10.1. The van der Waals surface area contributed by atoms with Crippen LogP contribution >= 0.6 is 11.8 Å². The molecule has 1 heterocycles. The number of likely N-dealkylation sites (tertiary alicyclic amines) is 1. The summed E-state index contributed by atoms with van der Waals surface area (Å²) >= 11 is 0.433. The van der Waals surface area contributed by atoms with Crippen LogP contribution in [0.3, 0.4) is 0 Å². The number of alkyl halides is 2. The number of carbonyl (C=O) groups excluding carboxylic acids is 1. The van der Waals surface area contributed by atoms with Crippen LogP contribution in [0.4, 0.5) is 19.3 Å². The standard InChI is InChI=1S/C13H14F2N2O3S/c14-12(15)21-10-3-1-9(2-4-10)16-13(20)17-6-5-8(7-17)11(18)19/h1-4,8,12H,5-7H2,(H,16,20)(H,18,19). The van der Waals surface area contributed by atoms with Crippen LogP contribution in [0.5, 0.6) is 0 Å². The van der Waals surface area contributed by atoms with Gasteiger partial charge in [0.15, 0.2) is 0 Å². The molecule has 0 spiro atoms. The van der Waals surface area contributed by atoms with Crippen molar-refractivity contribution in [3.05, 3.63) is 24.3 Å². The van der Waals surface area contributed by atoms with E-state index in [0.29, 0.717) is 35.3 Å². The normalized spacial score (nSPS) is 18.0. The highest BCUT2D eigenvalue weighted by Gasteiger charge is 2.30. The molecule has 1 unspecified atom stereocenters. The zero-order valence-corrected chi connectivity index (χ0v) is 11.8. The monoisotopic (exact) mass is 316 g/mol. The van der Waals surface area contributed by atoms with Gasteiger partial charge in [0.25, 0.3) is 5.76 Å². The van der Waals surface area contributed by atoms with Gasteiger partial charge in [-0.25, -0.2) is 4.79 Å². The molecule has 1 aliphatic heterocycles. The summed E-state index contributed by atoms with van der Waals surface area (Å²) in [5, 5.41) is 11.5. The molecule has 0 radical (unpaired) electrons. The van der Waals surface area contributed by atoms with Gasteiger partial charge >= 0.3 is 12.0 Å². The van der Waals surface area contributed by atoms with Gasteiger partial charge in [-0.2, -0.15) is 8.78 Å². The van der Waals surface area contributed by atoms with Crippen molar-refractivity contribution in [2.75, 3.05) is 18.4 Å². The zero-order valence-electron chi connectivity index (χ0n) is 11.0. The van der Waals surface area contributed by atoms with Crippen LogP contribution in [0, 0.1) is 5.92 Å². The van der Waals surface area contributed by atoms with Crippen molar-refractivity contribution in [3.63, 3.8) is 0 Å². The first-order valence-corrected chi connectivity index (χ1v) is 7.17. The molecular weight excluding hydrogens is 302 g/mol. The highest BCUT2D eigenvalue weighted by Crippen LogP contribution is 2.26. The number of amides is 2. The Labute approximate surface area is 124 Å². The first kappa shape index (κ1) is 15.6. The van der Waals surface area contributed by atoms with Gasteiger partial charge in [-0.3, -0.25) is 4.79 Å². The summed E-state index contributed by atoms with van der Waals surface area (Å²) in [6, 6.07) is 5.68. The molecule has 114 valence electrons. The van der Waals surface area contributed by atoms with Gasteiger partial charge in [0.2, 0.25) is 0 Å². The summed E-state index contributed by atoms with van der Waals surface area (Å²) in [5.74, 6) is -3.91. The number of aliphatic carboxylic acids is 1. The van der Waals surface area contributed by atoms with Crippen molar-refractivity contribution in [2.45, 2.75) is 17.1 Å². The lowest BCUT2D eigenvalue weighted by Gasteiger charge is -2.16. The molecule has 8 heteroatoms. The number of anilines is 1. The topological polar surface area (TPSA) is 69.6 Å². The minimum absolute atomic E-state index is 0.181. The maximum Gasteiger partial charge on any atom is 0.321 e. The number of thioether (sulfide) groups is 1. The van der Waals surface area contributed by atoms with Gasteiger partial charge in [0.05, 0.1) is 5.92 Å². The molecule has 0 aliphatic carbocycles. The molecule has 2 amide bonds. The Morgan fingerprint density at radius 2 is 2.00 bits per heavy atom. The Kier molecular flexibility index (Phi) is 5.00. The molecule has 1 fully saturated rings. The van der Waals surface area contributed by atoms with E-state index < -0.39 is 17.6 Å². The first-order chi connectivity index (χ1) is 9.95. The van der Waals surface area contributed by atoms with Crippen LogP contribution in [-0.4, -0.2) is 40.9 Å². The first-order valence-electron chi connectivity index (χ1n) is 6.29. The van der Waals surface area contributed by atoms with Crippen LogP contribution in [0.25, 0.3) is 0 Å². The van der Waals surface area contributed by atoms with Crippen molar-refractivity contribution in [1.82, 2.24) is 4.90 Å². The van der Waals surface area contributed by atoms with Gasteiger partial charge in [0.1, 0.15) is 0 Å². The molecule has 1 aliphatic rings.